The summed E-state index contributed by atoms with van der Waals surface area (Å²) in [6.07, 6.45) is 12.3. The summed E-state index contributed by atoms with van der Waals surface area (Å²) >= 11 is 0. The molecule has 1 spiro atoms. The molecule has 0 aromatic carbocycles. The van der Waals surface area contributed by atoms with E-state index in [4.69, 9.17) is 0 Å². The zero-order chi connectivity index (χ0) is 15.9. The lowest BCUT2D eigenvalue weighted by Crippen LogP contribution is -2.64. The molecule has 2 atom stereocenters. The van der Waals surface area contributed by atoms with Gasteiger partial charge in [0.15, 0.2) is 0 Å². The van der Waals surface area contributed by atoms with Gasteiger partial charge in [0, 0.05) is 38.1 Å². The number of hydrogen-bond acceptors (Lipinski definition) is 3. The van der Waals surface area contributed by atoms with Crippen molar-refractivity contribution in [3.63, 3.8) is 0 Å². The second-order valence-electron chi connectivity index (χ2n) is 8.75. The van der Waals surface area contributed by atoms with E-state index in [2.05, 4.69) is 22.2 Å². The molecular formula is C19H33N3O. The Labute approximate surface area is 141 Å². The predicted octanol–water partition coefficient (Wildman–Crippen LogP) is 2.38. The monoisotopic (exact) mass is 319 g/mol. The van der Waals surface area contributed by atoms with E-state index in [9.17, 15) is 4.79 Å². The molecule has 2 bridgehead atoms. The van der Waals surface area contributed by atoms with Crippen LogP contribution in [0.5, 0.6) is 0 Å². The van der Waals surface area contributed by atoms with Gasteiger partial charge in [0.2, 0.25) is 5.91 Å². The van der Waals surface area contributed by atoms with Gasteiger partial charge in [-0.1, -0.05) is 19.3 Å². The minimum atomic E-state index is 0.161. The van der Waals surface area contributed by atoms with Crippen LogP contribution in [0.3, 0.4) is 0 Å². The number of rotatable bonds is 2. The molecule has 0 aromatic heterocycles. The standard InChI is InChI=1S/C19H33N3O/c1-21-9-10-22(19(14-21)7-3-2-4-8-19)18(23)13-15-11-16-5-6-17(12-15)20-16/h15-17,20H,2-14H2,1H3. The molecular weight excluding hydrogens is 286 g/mol. The molecule has 4 heteroatoms. The Hall–Kier alpha value is -0.610. The zero-order valence-electron chi connectivity index (χ0n) is 14.7. The summed E-state index contributed by atoms with van der Waals surface area (Å²) in [5.74, 6) is 1.09. The van der Waals surface area contributed by atoms with Crippen molar-refractivity contribution >= 4 is 5.91 Å². The Kier molecular flexibility index (Phi) is 4.39. The Morgan fingerprint density at radius 2 is 1.78 bits per heavy atom. The van der Waals surface area contributed by atoms with Crippen LogP contribution in [-0.2, 0) is 4.79 Å². The Balaban J connectivity index is 1.43. The molecule has 4 fully saturated rings. The first kappa shape index (κ1) is 15.9. The Bertz CT molecular complexity index is 434. The van der Waals surface area contributed by atoms with E-state index in [1.165, 1.54) is 57.8 Å². The van der Waals surface area contributed by atoms with Crippen molar-refractivity contribution in [1.82, 2.24) is 15.1 Å². The fourth-order valence-corrected chi connectivity index (χ4v) is 5.90. The van der Waals surface area contributed by atoms with Gasteiger partial charge in [-0.05, 0) is 51.5 Å². The number of likely N-dealkylation sites (N-methyl/N-ethyl adjacent to an activating group) is 1. The molecule has 23 heavy (non-hydrogen) atoms. The second kappa shape index (κ2) is 6.36. The zero-order valence-corrected chi connectivity index (χ0v) is 14.7. The number of hydrogen-bond donors (Lipinski definition) is 1. The Morgan fingerprint density at radius 1 is 1.09 bits per heavy atom. The highest BCUT2D eigenvalue weighted by molar-refractivity contribution is 5.77. The van der Waals surface area contributed by atoms with Crippen LogP contribution in [0.25, 0.3) is 0 Å². The van der Waals surface area contributed by atoms with Crippen LogP contribution < -0.4 is 5.32 Å². The number of piperazine rings is 1. The maximum absolute atomic E-state index is 13.2. The lowest BCUT2D eigenvalue weighted by atomic mass is 9.78. The lowest BCUT2D eigenvalue weighted by molar-refractivity contribution is -0.145. The van der Waals surface area contributed by atoms with E-state index in [1.807, 2.05) is 0 Å². The van der Waals surface area contributed by atoms with Gasteiger partial charge in [0.05, 0.1) is 5.54 Å². The number of carbonyl (C=O) groups excluding carboxylic acids is 1. The molecule has 4 rings (SSSR count). The number of fused-ring (bicyclic) bond motifs is 2. The molecule has 4 aliphatic rings. The van der Waals surface area contributed by atoms with E-state index in [0.717, 1.165) is 26.1 Å². The van der Waals surface area contributed by atoms with E-state index < -0.39 is 0 Å². The van der Waals surface area contributed by atoms with E-state index in [-0.39, 0.29) is 5.54 Å². The molecule has 0 aromatic rings. The summed E-state index contributed by atoms with van der Waals surface area (Å²) < 4.78 is 0. The molecule has 0 radical (unpaired) electrons. The number of piperidine rings is 1. The van der Waals surface area contributed by atoms with Gasteiger partial charge >= 0.3 is 0 Å². The van der Waals surface area contributed by atoms with Gasteiger partial charge in [0.25, 0.3) is 0 Å². The molecule has 1 saturated carbocycles. The fraction of sp³-hybridized carbons (Fsp3) is 0.947. The van der Waals surface area contributed by atoms with Crippen LogP contribution in [0.15, 0.2) is 0 Å². The molecule has 3 heterocycles. The van der Waals surface area contributed by atoms with Gasteiger partial charge < -0.3 is 15.1 Å². The molecule has 2 unspecified atom stereocenters. The van der Waals surface area contributed by atoms with Crippen molar-refractivity contribution in [2.45, 2.75) is 81.8 Å². The highest BCUT2D eigenvalue weighted by atomic mass is 16.2. The van der Waals surface area contributed by atoms with Crippen molar-refractivity contribution in [2.75, 3.05) is 26.7 Å². The fourth-order valence-electron chi connectivity index (χ4n) is 5.90. The summed E-state index contributed by atoms with van der Waals surface area (Å²) in [7, 11) is 2.22. The summed E-state index contributed by atoms with van der Waals surface area (Å²) in [4.78, 5) is 17.9. The first-order valence-electron chi connectivity index (χ1n) is 9.90. The molecule has 1 aliphatic carbocycles. The van der Waals surface area contributed by atoms with Crippen LogP contribution in [0.1, 0.15) is 64.2 Å². The van der Waals surface area contributed by atoms with Crippen molar-refractivity contribution in [3.8, 4) is 0 Å². The summed E-state index contributed by atoms with van der Waals surface area (Å²) in [6.45, 7) is 3.09. The maximum atomic E-state index is 13.2. The Morgan fingerprint density at radius 3 is 2.48 bits per heavy atom. The number of nitrogens with zero attached hydrogens (tertiary/aromatic N) is 2. The average molecular weight is 319 g/mol. The lowest BCUT2D eigenvalue weighted by Gasteiger charge is -2.52. The highest BCUT2D eigenvalue weighted by Gasteiger charge is 2.44. The smallest absolute Gasteiger partial charge is 0.223 e. The van der Waals surface area contributed by atoms with Crippen LogP contribution in [0.4, 0.5) is 0 Å². The van der Waals surface area contributed by atoms with Gasteiger partial charge in [-0.2, -0.15) is 0 Å². The molecule has 1 amide bonds. The van der Waals surface area contributed by atoms with Gasteiger partial charge in [-0.3, -0.25) is 4.79 Å². The quantitative estimate of drug-likeness (QED) is 0.849. The second-order valence-corrected chi connectivity index (χ2v) is 8.75. The minimum Gasteiger partial charge on any atom is -0.334 e. The highest BCUT2D eigenvalue weighted by Crippen LogP contribution is 2.38. The molecule has 1 N–H and O–H groups in total. The van der Waals surface area contributed by atoms with E-state index in [1.54, 1.807) is 0 Å². The minimum absolute atomic E-state index is 0.161. The van der Waals surface area contributed by atoms with Crippen LogP contribution in [-0.4, -0.2) is 60.0 Å². The third-order valence-electron chi connectivity index (χ3n) is 6.96. The third kappa shape index (κ3) is 3.17. The summed E-state index contributed by atoms with van der Waals surface area (Å²) in [6, 6.07) is 1.39. The molecule has 3 saturated heterocycles. The predicted molar refractivity (Wildman–Crippen MR) is 92.3 cm³/mol. The van der Waals surface area contributed by atoms with Gasteiger partial charge in [-0.25, -0.2) is 0 Å². The topological polar surface area (TPSA) is 35.6 Å². The van der Waals surface area contributed by atoms with Gasteiger partial charge in [0.1, 0.15) is 0 Å². The van der Waals surface area contributed by atoms with Crippen LogP contribution in [0, 0.1) is 5.92 Å². The van der Waals surface area contributed by atoms with Crippen molar-refractivity contribution in [2.24, 2.45) is 5.92 Å². The first-order chi connectivity index (χ1) is 11.1. The summed E-state index contributed by atoms with van der Waals surface area (Å²) in [5.41, 5.74) is 0.161. The number of amides is 1. The van der Waals surface area contributed by atoms with Crippen molar-refractivity contribution < 1.29 is 4.79 Å². The van der Waals surface area contributed by atoms with Crippen LogP contribution >= 0.6 is 0 Å². The summed E-state index contributed by atoms with van der Waals surface area (Å²) in [5, 5.41) is 3.70. The van der Waals surface area contributed by atoms with Gasteiger partial charge in [-0.15, -0.1) is 0 Å². The average Bonchev–Trinajstić information content (AvgIpc) is 2.86. The molecule has 4 nitrogen and oxygen atoms in total. The largest absolute Gasteiger partial charge is 0.334 e. The van der Waals surface area contributed by atoms with E-state index in [0.29, 0.717) is 23.9 Å². The van der Waals surface area contributed by atoms with E-state index >= 15 is 0 Å². The maximum Gasteiger partial charge on any atom is 0.223 e. The number of carbonyl (C=O) groups is 1. The first-order valence-corrected chi connectivity index (χ1v) is 9.90. The third-order valence-corrected chi connectivity index (χ3v) is 6.96. The number of nitrogens with one attached hydrogen (secondary N) is 1. The normalized spacial score (nSPS) is 37.3. The molecule has 3 aliphatic heterocycles. The molecule has 130 valence electrons. The van der Waals surface area contributed by atoms with Crippen molar-refractivity contribution in [1.29, 1.82) is 0 Å². The van der Waals surface area contributed by atoms with Crippen molar-refractivity contribution in [3.05, 3.63) is 0 Å². The van der Waals surface area contributed by atoms with Crippen LogP contribution in [0.2, 0.25) is 0 Å². The SMILES string of the molecule is CN1CCN(C(=O)CC2CC3CCC(C2)N3)C2(CCCCC2)C1.